The third-order valence-electron chi connectivity index (χ3n) is 3.66. The van der Waals surface area contributed by atoms with Crippen LogP contribution in [-0.4, -0.2) is 30.9 Å². The number of hydrogen-bond acceptors (Lipinski definition) is 4. The van der Waals surface area contributed by atoms with Crippen molar-refractivity contribution in [3.05, 3.63) is 41.3 Å². The van der Waals surface area contributed by atoms with Crippen molar-refractivity contribution in [2.24, 2.45) is 5.92 Å². The molecule has 1 atom stereocenters. The lowest BCUT2D eigenvalue weighted by atomic mass is 10.1. The Morgan fingerprint density at radius 2 is 2.18 bits per heavy atom. The van der Waals surface area contributed by atoms with E-state index in [1.807, 2.05) is 35.7 Å². The van der Waals surface area contributed by atoms with Crippen LogP contribution < -0.4 is 4.74 Å². The largest absolute Gasteiger partial charge is 0.493 e. The molecule has 2 aromatic rings. The van der Waals surface area contributed by atoms with Gasteiger partial charge in [0.1, 0.15) is 5.75 Å². The van der Waals surface area contributed by atoms with Gasteiger partial charge in [-0.3, -0.25) is 4.79 Å². The Morgan fingerprint density at radius 1 is 1.36 bits per heavy atom. The Bertz CT molecular complexity index is 626. The number of hydrogen-bond donors (Lipinski definition) is 1. The van der Waals surface area contributed by atoms with E-state index in [9.17, 15) is 4.79 Å². The number of carbonyl (C=O) groups is 1. The first kappa shape index (κ1) is 15.1. The summed E-state index contributed by atoms with van der Waals surface area (Å²) in [5.74, 6) is 0.553. The molecule has 3 rings (SSSR count). The number of carboxylic acids is 1. The van der Waals surface area contributed by atoms with E-state index in [1.54, 1.807) is 11.3 Å². The van der Waals surface area contributed by atoms with Crippen LogP contribution in [0.15, 0.2) is 35.7 Å². The highest BCUT2D eigenvalue weighted by molar-refractivity contribution is 7.13. The van der Waals surface area contributed by atoms with Crippen LogP contribution >= 0.6 is 11.3 Å². The van der Waals surface area contributed by atoms with E-state index >= 15 is 0 Å². The van der Waals surface area contributed by atoms with Gasteiger partial charge in [-0.15, -0.1) is 11.3 Å². The highest BCUT2D eigenvalue weighted by atomic mass is 32.1. The Morgan fingerprint density at radius 3 is 2.86 bits per heavy atom. The third kappa shape index (κ3) is 3.87. The fourth-order valence-electron chi connectivity index (χ4n) is 2.44. The molecule has 0 bridgehead atoms. The van der Waals surface area contributed by atoms with Gasteiger partial charge in [0, 0.05) is 17.4 Å². The first-order chi connectivity index (χ1) is 10.7. The quantitative estimate of drug-likeness (QED) is 0.886. The number of aliphatic carboxylic acids is 1. The Kier molecular flexibility index (Phi) is 4.75. The van der Waals surface area contributed by atoms with Crippen molar-refractivity contribution in [3.8, 4) is 16.2 Å². The number of rotatable bonds is 6. The van der Waals surface area contributed by atoms with Crippen LogP contribution in [0.25, 0.3) is 10.4 Å². The molecule has 4 nitrogen and oxygen atoms in total. The number of carboxylic acid groups (broad SMARTS) is 1. The predicted molar refractivity (Wildman–Crippen MR) is 85.5 cm³/mol. The van der Waals surface area contributed by atoms with Gasteiger partial charge in [-0.05, 0) is 53.3 Å². The summed E-state index contributed by atoms with van der Waals surface area (Å²) in [7, 11) is 0. The minimum absolute atomic E-state index is 0.0706. The van der Waals surface area contributed by atoms with Crippen molar-refractivity contribution < 1.29 is 19.4 Å². The predicted octanol–water partition coefficient (Wildman–Crippen LogP) is 3.46. The van der Waals surface area contributed by atoms with Gasteiger partial charge in [-0.25, -0.2) is 0 Å². The summed E-state index contributed by atoms with van der Waals surface area (Å²) >= 11 is 1.56. The zero-order valence-corrected chi connectivity index (χ0v) is 13.0. The molecule has 116 valence electrons. The van der Waals surface area contributed by atoms with Crippen molar-refractivity contribution in [2.45, 2.75) is 12.8 Å². The van der Waals surface area contributed by atoms with Gasteiger partial charge in [-0.2, -0.15) is 0 Å². The summed E-state index contributed by atoms with van der Waals surface area (Å²) < 4.78 is 11.1. The van der Waals surface area contributed by atoms with E-state index in [4.69, 9.17) is 14.6 Å². The van der Waals surface area contributed by atoms with Crippen molar-refractivity contribution in [2.75, 3.05) is 19.8 Å². The maximum Gasteiger partial charge on any atom is 0.307 e. The van der Waals surface area contributed by atoms with Gasteiger partial charge >= 0.3 is 5.97 Å². The molecule has 1 unspecified atom stereocenters. The SMILES string of the molecule is O=C(O)Cc1csc(-c2ccc(OCC3CCOC3)cc2)c1. The maximum atomic E-state index is 10.7. The zero-order valence-electron chi connectivity index (χ0n) is 12.2. The molecule has 0 radical (unpaired) electrons. The van der Waals surface area contributed by atoms with Crippen molar-refractivity contribution in [3.63, 3.8) is 0 Å². The number of ether oxygens (including phenoxy) is 2. The summed E-state index contributed by atoms with van der Waals surface area (Å²) in [6.07, 6.45) is 1.14. The molecule has 0 aliphatic carbocycles. The summed E-state index contributed by atoms with van der Waals surface area (Å²) in [5.41, 5.74) is 1.92. The van der Waals surface area contributed by atoms with Crippen LogP contribution in [0.5, 0.6) is 5.75 Å². The molecule has 1 aromatic heterocycles. The first-order valence-electron chi connectivity index (χ1n) is 7.31. The van der Waals surface area contributed by atoms with E-state index in [1.165, 1.54) is 0 Å². The van der Waals surface area contributed by atoms with Crippen molar-refractivity contribution >= 4 is 17.3 Å². The van der Waals surface area contributed by atoms with Gasteiger partial charge in [0.15, 0.2) is 0 Å². The van der Waals surface area contributed by atoms with Gasteiger partial charge in [-0.1, -0.05) is 0 Å². The maximum absolute atomic E-state index is 10.7. The van der Waals surface area contributed by atoms with Crippen molar-refractivity contribution in [1.82, 2.24) is 0 Å². The summed E-state index contributed by atoms with van der Waals surface area (Å²) in [5, 5.41) is 10.7. The molecule has 2 heterocycles. The van der Waals surface area contributed by atoms with E-state index in [2.05, 4.69) is 0 Å². The lowest BCUT2D eigenvalue weighted by Crippen LogP contribution is -2.11. The highest BCUT2D eigenvalue weighted by Crippen LogP contribution is 2.29. The molecule has 1 fully saturated rings. The van der Waals surface area contributed by atoms with Gasteiger partial charge in [0.2, 0.25) is 0 Å². The lowest BCUT2D eigenvalue weighted by molar-refractivity contribution is -0.136. The van der Waals surface area contributed by atoms with Crippen LogP contribution in [0.4, 0.5) is 0 Å². The summed E-state index contributed by atoms with van der Waals surface area (Å²) in [4.78, 5) is 11.8. The smallest absolute Gasteiger partial charge is 0.307 e. The van der Waals surface area contributed by atoms with Crippen LogP contribution in [0.1, 0.15) is 12.0 Å². The van der Waals surface area contributed by atoms with Gasteiger partial charge in [0.05, 0.1) is 19.6 Å². The van der Waals surface area contributed by atoms with E-state index in [-0.39, 0.29) is 6.42 Å². The second-order valence-electron chi connectivity index (χ2n) is 5.45. The molecule has 0 saturated carbocycles. The van der Waals surface area contributed by atoms with Crippen LogP contribution in [-0.2, 0) is 16.0 Å². The summed E-state index contributed by atoms with van der Waals surface area (Å²) in [6, 6.07) is 9.88. The zero-order chi connectivity index (χ0) is 15.4. The molecule has 1 aliphatic heterocycles. The lowest BCUT2D eigenvalue weighted by Gasteiger charge is -2.10. The van der Waals surface area contributed by atoms with Gasteiger partial charge in [0.25, 0.3) is 0 Å². The Labute approximate surface area is 133 Å². The second kappa shape index (κ2) is 6.94. The molecular formula is C17H18O4S. The molecule has 1 aliphatic rings. The fraction of sp³-hybridized carbons (Fsp3) is 0.353. The molecule has 0 spiro atoms. The van der Waals surface area contributed by atoms with Crippen LogP contribution in [0, 0.1) is 5.92 Å². The molecule has 1 aromatic carbocycles. The van der Waals surface area contributed by atoms with E-state index in [0.29, 0.717) is 12.5 Å². The highest BCUT2D eigenvalue weighted by Gasteiger charge is 2.16. The average Bonchev–Trinajstić information content (AvgIpc) is 3.16. The normalized spacial score (nSPS) is 17.5. The fourth-order valence-corrected chi connectivity index (χ4v) is 3.36. The Balaban J connectivity index is 1.60. The van der Waals surface area contributed by atoms with Crippen LogP contribution in [0.3, 0.4) is 0 Å². The summed E-state index contributed by atoms with van der Waals surface area (Å²) in [6.45, 7) is 2.32. The third-order valence-corrected chi connectivity index (χ3v) is 4.69. The van der Waals surface area contributed by atoms with E-state index in [0.717, 1.165) is 41.4 Å². The monoisotopic (exact) mass is 318 g/mol. The average molecular weight is 318 g/mol. The van der Waals surface area contributed by atoms with Crippen LogP contribution in [0.2, 0.25) is 0 Å². The first-order valence-corrected chi connectivity index (χ1v) is 8.19. The van der Waals surface area contributed by atoms with Crippen molar-refractivity contribution in [1.29, 1.82) is 0 Å². The molecule has 0 amide bonds. The standard InChI is InChI=1S/C17H18O4S/c18-17(19)8-13-7-16(22-11-13)14-1-3-15(4-2-14)21-10-12-5-6-20-9-12/h1-4,7,11-12H,5-6,8-10H2,(H,18,19). The van der Waals surface area contributed by atoms with E-state index < -0.39 is 5.97 Å². The van der Waals surface area contributed by atoms with Gasteiger partial charge < -0.3 is 14.6 Å². The molecular weight excluding hydrogens is 300 g/mol. The second-order valence-corrected chi connectivity index (χ2v) is 6.37. The number of thiophene rings is 1. The topological polar surface area (TPSA) is 55.8 Å². The Hall–Kier alpha value is -1.85. The minimum atomic E-state index is -0.802. The molecule has 22 heavy (non-hydrogen) atoms. The minimum Gasteiger partial charge on any atom is -0.493 e. The molecule has 1 N–H and O–H groups in total. The molecule has 1 saturated heterocycles. The number of benzene rings is 1. The molecule has 5 heteroatoms.